The van der Waals surface area contributed by atoms with Crippen LogP contribution >= 0.6 is 11.3 Å². The normalized spacial score (nSPS) is 16.9. The first kappa shape index (κ1) is 18.2. The van der Waals surface area contributed by atoms with Gasteiger partial charge in [-0.25, -0.2) is 4.39 Å². The number of halogens is 1. The molecule has 1 aliphatic heterocycles. The molecular weight excluding hydrogens is 387 g/mol. The van der Waals surface area contributed by atoms with Crippen molar-refractivity contribution in [3.63, 3.8) is 0 Å². The molecule has 10 heteroatoms. The molecule has 2 aromatic heterocycles. The number of hydrogen-bond donors (Lipinski definition) is 0. The van der Waals surface area contributed by atoms with Crippen molar-refractivity contribution < 1.29 is 18.6 Å². The highest BCUT2D eigenvalue weighted by Crippen LogP contribution is 2.30. The van der Waals surface area contributed by atoms with Gasteiger partial charge in [-0.2, -0.15) is 4.98 Å². The predicted octanol–water partition coefficient (Wildman–Crippen LogP) is 3.87. The van der Waals surface area contributed by atoms with Gasteiger partial charge in [0.05, 0.1) is 15.7 Å². The second kappa shape index (κ2) is 7.47. The summed E-state index contributed by atoms with van der Waals surface area (Å²) in [4.78, 5) is 29.4. The third-order valence-corrected chi connectivity index (χ3v) is 5.59. The van der Waals surface area contributed by atoms with Gasteiger partial charge in [-0.05, 0) is 31.0 Å². The van der Waals surface area contributed by atoms with Crippen LogP contribution in [0.1, 0.15) is 34.3 Å². The maximum Gasteiger partial charge on any atom is 0.324 e. The number of carbonyl (C=O) groups excluding carboxylic acids is 1. The number of benzene rings is 1. The first-order valence-corrected chi connectivity index (χ1v) is 9.46. The minimum atomic E-state index is -0.507. The largest absolute Gasteiger partial charge is 0.339 e. The Morgan fingerprint density at radius 2 is 2.21 bits per heavy atom. The number of thiophene rings is 1. The van der Waals surface area contributed by atoms with E-state index in [-0.39, 0.29) is 22.6 Å². The van der Waals surface area contributed by atoms with Crippen molar-refractivity contribution in [1.82, 2.24) is 15.0 Å². The molecule has 1 atom stereocenters. The van der Waals surface area contributed by atoms with Crippen molar-refractivity contribution in [3.8, 4) is 11.4 Å². The molecule has 1 unspecified atom stereocenters. The number of carbonyl (C=O) groups is 1. The van der Waals surface area contributed by atoms with Gasteiger partial charge >= 0.3 is 5.00 Å². The summed E-state index contributed by atoms with van der Waals surface area (Å²) in [6, 6.07) is 8.74. The average Bonchev–Trinajstić information content (AvgIpc) is 3.38. The van der Waals surface area contributed by atoms with Gasteiger partial charge < -0.3 is 9.42 Å². The molecule has 1 aliphatic rings. The molecule has 1 amide bonds. The van der Waals surface area contributed by atoms with E-state index in [4.69, 9.17) is 4.52 Å². The first-order chi connectivity index (χ1) is 13.5. The third kappa shape index (κ3) is 3.63. The molecule has 0 saturated carbocycles. The van der Waals surface area contributed by atoms with Crippen LogP contribution in [-0.2, 0) is 0 Å². The topological polar surface area (TPSA) is 102 Å². The second-order valence-electron chi connectivity index (χ2n) is 6.45. The van der Waals surface area contributed by atoms with Gasteiger partial charge in [-0.1, -0.05) is 28.6 Å². The lowest BCUT2D eigenvalue weighted by atomic mass is 9.98. The van der Waals surface area contributed by atoms with Gasteiger partial charge in [0.1, 0.15) is 5.82 Å². The van der Waals surface area contributed by atoms with E-state index in [0.29, 0.717) is 35.2 Å². The van der Waals surface area contributed by atoms with Gasteiger partial charge in [0.15, 0.2) is 0 Å². The fraction of sp³-hybridized carbons (Fsp3) is 0.278. The Balaban J connectivity index is 1.49. The number of piperidine rings is 1. The van der Waals surface area contributed by atoms with Crippen LogP contribution in [0.2, 0.25) is 0 Å². The number of rotatable bonds is 4. The van der Waals surface area contributed by atoms with Crippen LogP contribution in [0.5, 0.6) is 0 Å². The molecule has 144 valence electrons. The zero-order valence-electron chi connectivity index (χ0n) is 14.6. The number of likely N-dealkylation sites (tertiary alicyclic amines) is 1. The van der Waals surface area contributed by atoms with Crippen molar-refractivity contribution in [2.75, 3.05) is 13.1 Å². The standard InChI is InChI=1S/C18H15FN4O4S/c19-13-5-1-3-11(9-13)16-20-17(27-21-16)12-4-2-8-22(10-12)18(24)14-6-7-15(28-14)23(25)26/h1,3,5-7,9,12H,2,4,8,10H2. The van der Waals surface area contributed by atoms with Gasteiger partial charge in [0, 0.05) is 24.7 Å². The Bertz CT molecular complexity index is 1030. The Kier molecular flexibility index (Phi) is 4.86. The monoisotopic (exact) mass is 402 g/mol. The molecule has 0 radical (unpaired) electrons. The summed E-state index contributed by atoms with van der Waals surface area (Å²) in [7, 11) is 0. The van der Waals surface area contributed by atoms with Crippen molar-refractivity contribution in [2.24, 2.45) is 0 Å². The quantitative estimate of drug-likeness (QED) is 0.485. The van der Waals surface area contributed by atoms with Crippen molar-refractivity contribution in [2.45, 2.75) is 18.8 Å². The highest BCUT2D eigenvalue weighted by molar-refractivity contribution is 7.17. The lowest BCUT2D eigenvalue weighted by molar-refractivity contribution is -0.380. The maximum atomic E-state index is 13.4. The SMILES string of the molecule is O=C(c1ccc([N+](=O)[O-])s1)N1CCCC(c2nc(-c3cccc(F)c3)no2)C1. The molecule has 0 N–H and O–H groups in total. The van der Waals surface area contributed by atoms with Crippen LogP contribution in [0.25, 0.3) is 11.4 Å². The first-order valence-electron chi connectivity index (χ1n) is 8.64. The predicted molar refractivity (Wildman–Crippen MR) is 98.5 cm³/mol. The Hall–Kier alpha value is -3.14. The Morgan fingerprint density at radius 1 is 1.36 bits per heavy atom. The Morgan fingerprint density at radius 3 is 2.96 bits per heavy atom. The lowest BCUT2D eigenvalue weighted by Crippen LogP contribution is -2.38. The van der Waals surface area contributed by atoms with Gasteiger partial charge in [0.2, 0.25) is 11.7 Å². The van der Waals surface area contributed by atoms with Crippen molar-refractivity contribution >= 4 is 22.2 Å². The molecule has 1 fully saturated rings. The Labute approximate surface area is 162 Å². The lowest BCUT2D eigenvalue weighted by Gasteiger charge is -2.30. The summed E-state index contributed by atoms with van der Waals surface area (Å²) >= 11 is 0.865. The zero-order valence-corrected chi connectivity index (χ0v) is 15.4. The van der Waals surface area contributed by atoms with E-state index in [1.807, 2.05) is 0 Å². The van der Waals surface area contributed by atoms with Crippen LogP contribution < -0.4 is 0 Å². The second-order valence-corrected chi connectivity index (χ2v) is 7.51. The molecule has 1 aromatic carbocycles. The minimum Gasteiger partial charge on any atom is -0.339 e. The molecule has 0 bridgehead atoms. The summed E-state index contributed by atoms with van der Waals surface area (Å²) in [5.41, 5.74) is 0.518. The van der Waals surface area contributed by atoms with E-state index < -0.39 is 4.92 Å². The van der Waals surface area contributed by atoms with E-state index in [9.17, 15) is 19.3 Å². The average molecular weight is 402 g/mol. The molecular formula is C18H15FN4O4S. The molecule has 0 aliphatic carbocycles. The van der Waals surface area contributed by atoms with Crippen LogP contribution in [0.3, 0.4) is 0 Å². The summed E-state index contributed by atoms with van der Waals surface area (Å²) in [5.74, 6) is -0.0702. The fourth-order valence-electron chi connectivity index (χ4n) is 3.21. The third-order valence-electron chi connectivity index (χ3n) is 4.56. The summed E-state index contributed by atoms with van der Waals surface area (Å²) < 4.78 is 18.8. The van der Waals surface area contributed by atoms with Crippen molar-refractivity contribution in [3.05, 3.63) is 63.1 Å². The molecule has 4 rings (SSSR count). The molecule has 8 nitrogen and oxygen atoms in total. The maximum absolute atomic E-state index is 13.4. The van der Waals surface area contributed by atoms with E-state index in [2.05, 4.69) is 10.1 Å². The molecule has 0 spiro atoms. The van der Waals surface area contributed by atoms with E-state index >= 15 is 0 Å². The van der Waals surface area contributed by atoms with E-state index in [0.717, 1.165) is 24.2 Å². The van der Waals surface area contributed by atoms with Gasteiger partial charge in [-0.3, -0.25) is 14.9 Å². The van der Waals surface area contributed by atoms with E-state index in [1.165, 1.54) is 24.3 Å². The number of aromatic nitrogens is 2. The van der Waals surface area contributed by atoms with Crippen LogP contribution in [-0.4, -0.2) is 39.0 Å². The number of amides is 1. The highest BCUT2D eigenvalue weighted by atomic mass is 32.1. The van der Waals surface area contributed by atoms with Gasteiger partial charge in [-0.15, -0.1) is 0 Å². The summed E-state index contributed by atoms with van der Waals surface area (Å²) in [5, 5.41) is 14.7. The molecule has 3 aromatic rings. The summed E-state index contributed by atoms with van der Waals surface area (Å²) in [6.45, 7) is 0.946. The number of nitro groups is 1. The van der Waals surface area contributed by atoms with Crippen molar-refractivity contribution in [1.29, 1.82) is 0 Å². The number of nitrogens with zero attached hydrogens (tertiary/aromatic N) is 4. The smallest absolute Gasteiger partial charge is 0.324 e. The fourth-order valence-corrected chi connectivity index (χ4v) is 3.99. The zero-order chi connectivity index (χ0) is 19.7. The number of hydrogen-bond acceptors (Lipinski definition) is 7. The highest BCUT2D eigenvalue weighted by Gasteiger charge is 2.30. The van der Waals surface area contributed by atoms with Crippen LogP contribution in [0.4, 0.5) is 9.39 Å². The minimum absolute atomic E-state index is 0.0615. The van der Waals surface area contributed by atoms with Gasteiger partial charge in [0.25, 0.3) is 5.91 Å². The van der Waals surface area contributed by atoms with E-state index in [1.54, 1.807) is 17.0 Å². The molecule has 28 heavy (non-hydrogen) atoms. The molecule has 1 saturated heterocycles. The molecule has 3 heterocycles. The van der Waals surface area contributed by atoms with Crippen LogP contribution in [0.15, 0.2) is 40.9 Å². The summed E-state index contributed by atoms with van der Waals surface area (Å²) in [6.07, 6.45) is 1.53. The van der Waals surface area contributed by atoms with Crippen LogP contribution in [0, 0.1) is 15.9 Å².